The third kappa shape index (κ3) is 3.98. The Kier molecular flexibility index (Phi) is 6.25. The molecule has 2 aliphatic rings. The highest BCUT2D eigenvalue weighted by molar-refractivity contribution is 7.80. The summed E-state index contributed by atoms with van der Waals surface area (Å²) in [5.41, 5.74) is 4.65. The topological polar surface area (TPSA) is 61.9 Å². The summed E-state index contributed by atoms with van der Waals surface area (Å²) in [5.74, 6) is -0.0232. The van der Waals surface area contributed by atoms with Crippen LogP contribution in [-0.2, 0) is 16.0 Å². The summed E-state index contributed by atoms with van der Waals surface area (Å²) >= 11 is 5.38. The van der Waals surface area contributed by atoms with Crippen LogP contribution in [0.15, 0.2) is 42.0 Å². The number of hydrogen-bond acceptors (Lipinski definition) is 5. The van der Waals surface area contributed by atoms with Gasteiger partial charge in [0.25, 0.3) is 11.8 Å². The van der Waals surface area contributed by atoms with E-state index in [2.05, 4.69) is 38.0 Å². The first-order chi connectivity index (χ1) is 16.1. The smallest absolute Gasteiger partial charge is 0.270 e. The molecular formula is C27H31N3O3S. The molecule has 1 unspecified atom stereocenters. The zero-order valence-corrected chi connectivity index (χ0v) is 21.4. The lowest BCUT2D eigenvalue weighted by molar-refractivity contribution is -0.122. The van der Waals surface area contributed by atoms with Crippen molar-refractivity contribution in [2.24, 2.45) is 0 Å². The number of methoxy groups -OCH3 is 1. The highest BCUT2D eigenvalue weighted by atomic mass is 32.1. The van der Waals surface area contributed by atoms with E-state index in [-0.39, 0.29) is 16.2 Å². The number of hydrogen-bond donors (Lipinski definition) is 1. The van der Waals surface area contributed by atoms with E-state index in [0.717, 1.165) is 24.1 Å². The minimum absolute atomic E-state index is 0.0134. The summed E-state index contributed by atoms with van der Waals surface area (Å²) in [4.78, 5) is 30.1. The van der Waals surface area contributed by atoms with E-state index < -0.39 is 11.8 Å². The number of nitrogens with one attached hydrogen (secondary N) is 1. The minimum atomic E-state index is -0.508. The van der Waals surface area contributed by atoms with Crippen molar-refractivity contribution in [3.63, 3.8) is 0 Å². The van der Waals surface area contributed by atoms with Gasteiger partial charge >= 0.3 is 0 Å². The van der Waals surface area contributed by atoms with E-state index in [9.17, 15) is 9.59 Å². The first kappa shape index (κ1) is 24.0. The van der Waals surface area contributed by atoms with Gasteiger partial charge in [0.2, 0.25) is 0 Å². The van der Waals surface area contributed by atoms with Crippen LogP contribution in [0.25, 0.3) is 6.08 Å². The second-order valence-corrected chi connectivity index (χ2v) is 9.96. The Balaban J connectivity index is 1.82. The summed E-state index contributed by atoms with van der Waals surface area (Å²) in [6, 6.07) is 11.6. The van der Waals surface area contributed by atoms with Gasteiger partial charge in [-0.15, -0.1) is 0 Å². The summed E-state index contributed by atoms with van der Waals surface area (Å²) in [7, 11) is 3.69. The molecule has 0 bridgehead atoms. The number of anilines is 2. The number of rotatable bonds is 4. The van der Waals surface area contributed by atoms with Crippen LogP contribution in [0.4, 0.5) is 11.4 Å². The second kappa shape index (κ2) is 8.87. The monoisotopic (exact) mass is 477 g/mol. The molecule has 34 heavy (non-hydrogen) atoms. The Bertz CT molecular complexity index is 1220. The lowest BCUT2D eigenvalue weighted by Gasteiger charge is -2.45. The molecule has 178 valence electrons. The molecule has 1 saturated heterocycles. The maximum absolute atomic E-state index is 13.6. The SMILES string of the molecule is CCc1ccccc1N1C(=O)/C(=C\c2cc3c(cc2OC)N(C)C(C)(C)CC3C)C(=O)NC1=S. The Hall–Kier alpha value is -3.19. The largest absolute Gasteiger partial charge is 0.496 e. The normalized spacial score (nSPS) is 20.9. The number of benzene rings is 2. The average molecular weight is 478 g/mol. The van der Waals surface area contributed by atoms with Crippen molar-refractivity contribution in [2.45, 2.75) is 52.0 Å². The molecule has 0 spiro atoms. The standard InChI is InChI=1S/C27H31N3O3S/c1-7-17-10-8-9-11-21(17)30-25(32)20(24(31)28-26(30)34)13-18-12-19-16(2)15-27(3,4)29(5)22(19)14-23(18)33-6/h8-14,16H,7,15H2,1-6H3,(H,28,31,34)/b20-13-. The Morgan fingerprint density at radius 2 is 1.91 bits per heavy atom. The highest BCUT2D eigenvalue weighted by Crippen LogP contribution is 2.45. The molecule has 0 aliphatic carbocycles. The Morgan fingerprint density at radius 3 is 2.59 bits per heavy atom. The van der Waals surface area contributed by atoms with Crippen LogP contribution in [0.2, 0.25) is 0 Å². The molecular weight excluding hydrogens is 446 g/mol. The molecule has 2 amide bonds. The number of amides is 2. The maximum atomic E-state index is 13.6. The van der Waals surface area contributed by atoms with Crippen LogP contribution >= 0.6 is 12.2 Å². The van der Waals surface area contributed by atoms with Crippen molar-refractivity contribution in [3.8, 4) is 5.75 Å². The zero-order chi connectivity index (χ0) is 24.8. The first-order valence-corrected chi connectivity index (χ1v) is 11.9. The average Bonchev–Trinajstić information content (AvgIpc) is 2.80. The van der Waals surface area contributed by atoms with E-state index in [1.807, 2.05) is 43.3 Å². The van der Waals surface area contributed by atoms with Gasteiger partial charge in [0.05, 0.1) is 12.8 Å². The zero-order valence-electron chi connectivity index (χ0n) is 20.6. The van der Waals surface area contributed by atoms with E-state index in [1.54, 1.807) is 13.2 Å². The van der Waals surface area contributed by atoms with E-state index in [4.69, 9.17) is 17.0 Å². The van der Waals surface area contributed by atoms with Gasteiger partial charge in [-0.05, 0) is 74.2 Å². The molecule has 7 heteroatoms. The van der Waals surface area contributed by atoms with Gasteiger partial charge in [0, 0.05) is 29.9 Å². The number of ether oxygens (including phenoxy) is 1. The van der Waals surface area contributed by atoms with E-state index >= 15 is 0 Å². The molecule has 2 heterocycles. The molecule has 2 aliphatic heterocycles. The van der Waals surface area contributed by atoms with Crippen LogP contribution in [0, 0.1) is 0 Å². The predicted octanol–water partition coefficient (Wildman–Crippen LogP) is 4.81. The lowest BCUT2D eigenvalue weighted by atomic mass is 9.79. The molecule has 1 fully saturated rings. The van der Waals surface area contributed by atoms with Gasteiger partial charge < -0.3 is 9.64 Å². The van der Waals surface area contributed by atoms with Gasteiger partial charge in [-0.3, -0.25) is 19.8 Å². The molecule has 6 nitrogen and oxygen atoms in total. The van der Waals surface area contributed by atoms with Gasteiger partial charge in [-0.2, -0.15) is 0 Å². The molecule has 0 radical (unpaired) electrons. The molecule has 0 aromatic heterocycles. The third-order valence-electron chi connectivity index (χ3n) is 7.00. The van der Waals surface area contributed by atoms with Gasteiger partial charge in [0.15, 0.2) is 5.11 Å². The summed E-state index contributed by atoms with van der Waals surface area (Å²) in [6.45, 7) is 8.68. The van der Waals surface area contributed by atoms with Crippen molar-refractivity contribution < 1.29 is 14.3 Å². The molecule has 1 atom stereocenters. The minimum Gasteiger partial charge on any atom is -0.496 e. The lowest BCUT2D eigenvalue weighted by Crippen LogP contribution is -2.54. The fourth-order valence-corrected chi connectivity index (χ4v) is 5.23. The van der Waals surface area contributed by atoms with Gasteiger partial charge in [-0.1, -0.05) is 32.0 Å². The first-order valence-electron chi connectivity index (χ1n) is 11.5. The highest BCUT2D eigenvalue weighted by Gasteiger charge is 2.37. The van der Waals surface area contributed by atoms with Crippen LogP contribution in [0.5, 0.6) is 5.75 Å². The summed E-state index contributed by atoms with van der Waals surface area (Å²) in [5, 5.41) is 2.77. The number of carbonyl (C=O) groups excluding carboxylic acids is 2. The number of aryl methyl sites for hydroxylation is 1. The Labute approximate surface area is 206 Å². The maximum Gasteiger partial charge on any atom is 0.270 e. The van der Waals surface area contributed by atoms with Gasteiger partial charge in [-0.25, -0.2) is 0 Å². The number of thiocarbonyl (C=S) groups is 1. The molecule has 0 saturated carbocycles. The van der Waals surface area contributed by atoms with E-state index in [0.29, 0.717) is 22.9 Å². The quantitative estimate of drug-likeness (QED) is 0.389. The Morgan fingerprint density at radius 1 is 1.21 bits per heavy atom. The van der Waals surface area contributed by atoms with Gasteiger partial charge in [0.1, 0.15) is 11.3 Å². The number of para-hydroxylation sites is 1. The predicted molar refractivity (Wildman–Crippen MR) is 141 cm³/mol. The molecule has 4 rings (SSSR count). The molecule has 1 N–H and O–H groups in total. The fourth-order valence-electron chi connectivity index (χ4n) is 4.96. The second-order valence-electron chi connectivity index (χ2n) is 9.57. The molecule has 2 aromatic rings. The van der Waals surface area contributed by atoms with Crippen molar-refractivity contribution in [1.29, 1.82) is 0 Å². The number of fused-ring (bicyclic) bond motifs is 1. The van der Waals surface area contributed by atoms with Crippen LogP contribution in [0.1, 0.15) is 56.7 Å². The van der Waals surface area contributed by atoms with E-state index in [1.165, 1.54) is 10.5 Å². The molecule has 2 aromatic carbocycles. The third-order valence-corrected chi connectivity index (χ3v) is 7.28. The number of nitrogens with zero attached hydrogens (tertiary/aromatic N) is 2. The number of carbonyl (C=O) groups is 2. The van der Waals surface area contributed by atoms with Crippen molar-refractivity contribution in [3.05, 3.63) is 58.7 Å². The summed E-state index contributed by atoms with van der Waals surface area (Å²) in [6.07, 6.45) is 3.34. The summed E-state index contributed by atoms with van der Waals surface area (Å²) < 4.78 is 5.69. The van der Waals surface area contributed by atoms with Crippen LogP contribution < -0.4 is 19.9 Å². The van der Waals surface area contributed by atoms with Crippen molar-refractivity contribution in [2.75, 3.05) is 24.0 Å². The van der Waals surface area contributed by atoms with Crippen molar-refractivity contribution >= 4 is 46.6 Å². The van der Waals surface area contributed by atoms with Crippen LogP contribution in [-0.4, -0.2) is 36.6 Å². The van der Waals surface area contributed by atoms with Crippen molar-refractivity contribution in [1.82, 2.24) is 5.32 Å². The fraction of sp³-hybridized carbons (Fsp3) is 0.370. The van der Waals surface area contributed by atoms with Crippen LogP contribution in [0.3, 0.4) is 0 Å².